The minimum atomic E-state index is 0.0680. The molecule has 1 aromatic heterocycles. The van der Waals surface area contributed by atoms with Crippen molar-refractivity contribution in [3.63, 3.8) is 0 Å². The zero-order chi connectivity index (χ0) is 16.7. The van der Waals surface area contributed by atoms with E-state index < -0.39 is 0 Å². The zero-order valence-corrected chi connectivity index (χ0v) is 14.6. The van der Waals surface area contributed by atoms with Crippen molar-refractivity contribution in [1.29, 1.82) is 0 Å². The van der Waals surface area contributed by atoms with Gasteiger partial charge in [-0.15, -0.1) is 0 Å². The van der Waals surface area contributed by atoms with Gasteiger partial charge in [0.2, 0.25) is 0 Å². The second-order valence-corrected chi connectivity index (χ2v) is 5.82. The summed E-state index contributed by atoms with van der Waals surface area (Å²) in [6.45, 7) is 7.81. The number of rotatable bonds is 8. The van der Waals surface area contributed by atoms with Crippen LogP contribution >= 0.6 is 11.6 Å². The van der Waals surface area contributed by atoms with Crippen molar-refractivity contribution in [2.45, 2.75) is 40.0 Å². The van der Waals surface area contributed by atoms with Crippen LogP contribution < -0.4 is 14.8 Å². The number of pyridine rings is 1. The summed E-state index contributed by atoms with van der Waals surface area (Å²) in [5.41, 5.74) is 1.97. The molecule has 0 saturated carbocycles. The molecule has 2 aromatic rings. The van der Waals surface area contributed by atoms with Gasteiger partial charge in [-0.05, 0) is 44.5 Å². The average Bonchev–Trinajstić information content (AvgIpc) is 2.52. The Labute approximate surface area is 142 Å². The van der Waals surface area contributed by atoms with Crippen molar-refractivity contribution in [2.24, 2.45) is 0 Å². The van der Waals surface area contributed by atoms with E-state index in [1.807, 2.05) is 51.1 Å². The summed E-state index contributed by atoms with van der Waals surface area (Å²) >= 11 is 6.38. The minimum absolute atomic E-state index is 0.0680. The highest BCUT2D eigenvalue weighted by molar-refractivity contribution is 6.31. The number of hydrogen-bond donors (Lipinski definition) is 1. The molecule has 5 heteroatoms. The molecule has 0 aliphatic carbocycles. The molecule has 0 spiro atoms. The third-order valence-electron chi connectivity index (χ3n) is 3.12. The molecule has 1 aromatic carbocycles. The first-order chi connectivity index (χ1) is 11.1. The highest BCUT2D eigenvalue weighted by atomic mass is 35.5. The van der Waals surface area contributed by atoms with Crippen LogP contribution in [0.15, 0.2) is 36.5 Å². The van der Waals surface area contributed by atoms with Crippen LogP contribution in [0, 0.1) is 0 Å². The number of ether oxygens (including phenoxy) is 2. The SMILES string of the molecule is CCOc1cc(CNCc2ccccn2)c(Cl)cc1OC(C)C. The molecule has 0 amide bonds. The van der Waals surface area contributed by atoms with Crippen LogP contribution in [0.4, 0.5) is 0 Å². The van der Waals surface area contributed by atoms with E-state index >= 15 is 0 Å². The number of aromatic nitrogens is 1. The third kappa shape index (κ3) is 5.41. The Bertz CT molecular complexity index is 618. The third-order valence-corrected chi connectivity index (χ3v) is 3.47. The van der Waals surface area contributed by atoms with E-state index in [0.29, 0.717) is 30.5 Å². The van der Waals surface area contributed by atoms with E-state index in [9.17, 15) is 0 Å². The lowest BCUT2D eigenvalue weighted by Crippen LogP contribution is -2.14. The highest BCUT2D eigenvalue weighted by Crippen LogP contribution is 2.34. The molecule has 124 valence electrons. The van der Waals surface area contributed by atoms with E-state index in [1.165, 1.54) is 0 Å². The number of halogens is 1. The van der Waals surface area contributed by atoms with Crippen LogP contribution in [-0.4, -0.2) is 17.7 Å². The Morgan fingerprint density at radius 3 is 2.65 bits per heavy atom. The van der Waals surface area contributed by atoms with Crippen molar-refractivity contribution in [1.82, 2.24) is 10.3 Å². The van der Waals surface area contributed by atoms with Gasteiger partial charge in [0, 0.05) is 30.4 Å². The van der Waals surface area contributed by atoms with Crippen LogP contribution in [0.25, 0.3) is 0 Å². The molecule has 0 aliphatic rings. The Balaban J connectivity index is 2.07. The van der Waals surface area contributed by atoms with Crippen LogP contribution in [0.3, 0.4) is 0 Å². The maximum Gasteiger partial charge on any atom is 0.163 e. The predicted molar refractivity (Wildman–Crippen MR) is 93.2 cm³/mol. The van der Waals surface area contributed by atoms with Gasteiger partial charge in [-0.1, -0.05) is 17.7 Å². The fourth-order valence-corrected chi connectivity index (χ4v) is 2.38. The second-order valence-electron chi connectivity index (χ2n) is 5.41. The molecule has 0 unspecified atom stereocenters. The summed E-state index contributed by atoms with van der Waals surface area (Å²) in [5, 5.41) is 4.01. The Morgan fingerprint density at radius 2 is 2.00 bits per heavy atom. The van der Waals surface area contributed by atoms with Gasteiger partial charge in [-0.2, -0.15) is 0 Å². The first kappa shape index (κ1) is 17.6. The quantitative estimate of drug-likeness (QED) is 0.785. The lowest BCUT2D eigenvalue weighted by Gasteiger charge is -2.17. The second kappa shape index (κ2) is 8.75. The van der Waals surface area contributed by atoms with Crippen LogP contribution in [-0.2, 0) is 13.1 Å². The van der Waals surface area contributed by atoms with Crippen molar-refractivity contribution in [2.75, 3.05) is 6.61 Å². The number of benzene rings is 1. The molecule has 2 rings (SSSR count). The Morgan fingerprint density at radius 1 is 1.17 bits per heavy atom. The average molecular weight is 335 g/mol. The molecule has 0 radical (unpaired) electrons. The largest absolute Gasteiger partial charge is 0.490 e. The topological polar surface area (TPSA) is 43.4 Å². The number of nitrogens with zero attached hydrogens (tertiary/aromatic N) is 1. The molecular formula is C18H23ClN2O2. The maximum atomic E-state index is 6.38. The van der Waals surface area contributed by atoms with Gasteiger partial charge in [0.15, 0.2) is 11.5 Å². The van der Waals surface area contributed by atoms with Gasteiger partial charge in [0.25, 0.3) is 0 Å². The van der Waals surface area contributed by atoms with Gasteiger partial charge in [0.05, 0.1) is 18.4 Å². The van der Waals surface area contributed by atoms with Crippen LogP contribution in [0.2, 0.25) is 5.02 Å². The van der Waals surface area contributed by atoms with Gasteiger partial charge >= 0.3 is 0 Å². The number of hydrogen-bond acceptors (Lipinski definition) is 4. The van der Waals surface area contributed by atoms with Crippen molar-refractivity contribution in [3.8, 4) is 11.5 Å². The molecule has 23 heavy (non-hydrogen) atoms. The summed E-state index contributed by atoms with van der Waals surface area (Å²) in [7, 11) is 0. The molecule has 0 saturated heterocycles. The Kier molecular flexibility index (Phi) is 6.68. The van der Waals surface area contributed by atoms with E-state index in [-0.39, 0.29) is 6.10 Å². The summed E-state index contributed by atoms with van der Waals surface area (Å²) < 4.78 is 11.4. The lowest BCUT2D eigenvalue weighted by molar-refractivity contribution is 0.223. The van der Waals surface area contributed by atoms with Gasteiger partial charge in [0.1, 0.15) is 0 Å². The monoisotopic (exact) mass is 334 g/mol. The summed E-state index contributed by atoms with van der Waals surface area (Å²) in [6, 6.07) is 9.63. The van der Waals surface area contributed by atoms with E-state index in [1.54, 1.807) is 6.20 Å². The van der Waals surface area contributed by atoms with Gasteiger partial charge in [-0.3, -0.25) is 4.98 Å². The minimum Gasteiger partial charge on any atom is -0.490 e. The Hall–Kier alpha value is -1.78. The fourth-order valence-electron chi connectivity index (χ4n) is 2.15. The van der Waals surface area contributed by atoms with Gasteiger partial charge < -0.3 is 14.8 Å². The molecule has 0 atom stereocenters. The van der Waals surface area contributed by atoms with Crippen molar-refractivity contribution < 1.29 is 9.47 Å². The molecule has 0 bridgehead atoms. The standard InChI is InChI=1S/C18H23ClN2O2/c1-4-22-17-9-14(16(19)10-18(17)23-13(2)3)11-20-12-15-7-5-6-8-21-15/h5-10,13,20H,4,11-12H2,1-3H3. The molecular weight excluding hydrogens is 312 g/mol. The van der Waals surface area contributed by atoms with Crippen molar-refractivity contribution >= 4 is 11.6 Å². The maximum absolute atomic E-state index is 6.38. The first-order valence-electron chi connectivity index (χ1n) is 7.82. The molecule has 1 heterocycles. The predicted octanol–water partition coefficient (Wildman–Crippen LogP) is 4.21. The summed E-state index contributed by atoms with van der Waals surface area (Å²) in [5.74, 6) is 1.40. The summed E-state index contributed by atoms with van der Waals surface area (Å²) in [4.78, 5) is 4.29. The fraction of sp³-hybridized carbons (Fsp3) is 0.389. The van der Waals surface area contributed by atoms with Crippen molar-refractivity contribution in [3.05, 3.63) is 52.8 Å². The first-order valence-corrected chi connectivity index (χ1v) is 8.20. The lowest BCUT2D eigenvalue weighted by atomic mass is 10.2. The zero-order valence-electron chi connectivity index (χ0n) is 13.8. The molecule has 4 nitrogen and oxygen atoms in total. The smallest absolute Gasteiger partial charge is 0.163 e. The molecule has 1 N–H and O–H groups in total. The normalized spacial score (nSPS) is 10.8. The van der Waals surface area contributed by atoms with E-state index in [0.717, 1.165) is 17.0 Å². The highest BCUT2D eigenvalue weighted by Gasteiger charge is 2.12. The van der Waals surface area contributed by atoms with Crippen LogP contribution in [0.1, 0.15) is 32.0 Å². The number of nitrogens with one attached hydrogen (secondary N) is 1. The van der Waals surface area contributed by atoms with E-state index in [4.69, 9.17) is 21.1 Å². The van der Waals surface area contributed by atoms with Gasteiger partial charge in [-0.25, -0.2) is 0 Å². The molecule has 0 aliphatic heterocycles. The van der Waals surface area contributed by atoms with E-state index in [2.05, 4.69) is 10.3 Å². The molecule has 0 fully saturated rings. The van der Waals surface area contributed by atoms with Crippen LogP contribution in [0.5, 0.6) is 11.5 Å². The summed E-state index contributed by atoms with van der Waals surface area (Å²) in [6.07, 6.45) is 1.85.